The number of aliphatic imine (C=N–C) groups is 3. The predicted molar refractivity (Wildman–Crippen MR) is 127 cm³/mol. The molecule has 0 fully saturated rings. The van der Waals surface area contributed by atoms with Crippen LogP contribution in [0.25, 0.3) is 17.1 Å². The summed E-state index contributed by atoms with van der Waals surface area (Å²) in [4.78, 5) is 82.3. The first kappa shape index (κ1) is 23.4. The average molecular weight is 480 g/mol. The van der Waals surface area contributed by atoms with E-state index in [0.29, 0.717) is 0 Å². The maximum absolute atomic E-state index is 13.4. The third-order valence-corrected chi connectivity index (χ3v) is 5.00. The van der Waals surface area contributed by atoms with E-state index in [1.165, 1.54) is 91.0 Å². The minimum Gasteiger partial charge on any atom is -0.246 e. The zero-order chi connectivity index (χ0) is 25.7. The van der Waals surface area contributed by atoms with E-state index in [1.54, 1.807) is 0 Å². The van der Waals surface area contributed by atoms with Crippen molar-refractivity contribution in [2.75, 3.05) is 0 Å². The Labute approximate surface area is 200 Å². The molecule has 1 heterocycles. The van der Waals surface area contributed by atoms with Crippen molar-refractivity contribution in [3.63, 3.8) is 0 Å². The van der Waals surface area contributed by atoms with Gasteiger partial charge in [-0.1, -0.05) is 0 Å². The molecule has 0 N–H and O–H groups in total. The van der Waals surface area contributed by atoms with Gasteiger partial charge in [0, 0.05) is 0 Å². The Morgan fingerprint density at radius 2 is 0.639 bits per heavy atom. The lowest BCUT2D eigenvalue weighted by molar-refractivity contribution is 0.564. The average Bonchev–Trinajstić information content (AvgIpc) is 2.88. The van der Waals surface area contributed by atoms with E-state index in [1.807, 2.05) is 0 Å². The number of hydrogen-bond acceptors (Lipinski definition) is 9. The Hall–Kier alpha value is -5.79. The molecule has 12 nitrogen and oxygen atoms in total. The molecule has 0 saturated heterocycles. The molecule has 174 valence electrons. The first-order valence-corrected chi connectivity index (χ1v) is 10.0. The number of benzene rings is 3. The zero-order valence-corrected chi connectivity index (χ0v) is 18.1. The van der Waals surface area contributed by atoms with Crippen LogP contribution in [0, 0.1) is 0 Å². The van der Waals surface area contributed by atoms with Crippen molar-refractivity contribution in [2.45, 2.75) is 0 Å². The van der Waals surface area contributed by atoms with Gasteiger partial charge in [0.15, 0.2) is 0 Å². The second-order valence-electron chi connectivity index (χ2n) is 7.01. The van der Waals surface area contributed by atoms with Gasteiger partial charge in [0.25, 0.3) is 0 Å². The fourth-order valence-electron chi connectivity index (χ4n) is 3.39. The van der Waals surface area contributed by atoms with Crippen LogP contribution in [-0.2, 0) is 14.4 Å². The molecule has 1 aromatic heterocycles. The van der Waals surface area contributed by atoms with Gasteiger partial charge < -0.3 is 0 Å². The highest BCUT2D eigenvalue weighted by Crippen LogP contribution is 2.17. The van der Waals surface area contributed by atoms with Crippen LogP contribution in [0.5, 0.6) is 0 Å². The number of nitrogens with zero attached hydrogens (tertiary/aromatic N) is 6. The van der Waals surface area contributed by atoms with Gasteiger partial charge in [-0.05, 0) is 72.8 Å². The summed E-state index contributed by atoms with van der Waals surface area (Å²) in [5.41, 5.74) is -1.88. The first-order chi connectivity index (χ1) is 17.5. The third-order valence-electron chi connectivity index (χ3n) is 5.00. The Bertz CT molecular complexity index is 1540. The van der Waals surface area contributed by atoms with Crippen LogP contribution in [-0.4, -0.2) is 31.9 Å². The molecule has 0 radical (unpaired) electrons. The summed E-state index contributed by atoms with van der Waals surface area (Å²) in [6, 6.07) is 16.6. The lowest BCUT2D eigenvalue weighted by Crippen LogP contribution is -2.52. The van der Waals surface area contributed by atoms with Gasteiger partial charge in [-0.15, -0.1) is 0 Å². The molecular formula is C24H12N6O6. The standard InChI is InChI=1S/C24H12N6O6/c31-13-25-16-1-7-19(8-2-16)28-22(34)29(20-9-3-17(4-10-20)26-14-32)24(36)30(23(28)35)21-11-5-18(6-12-21)27-15-33/h1-12H. The topological polar surface area (TPSA) is 154 Å². The molecule has 0 spiro atoms. The number of rotatable bonds is 6. The highest BCUT2D eigenvalue weighted by molar-refractivity contribution is 5.54. The molecule has 4 aromatic rings. The molecule has 0 aliphatic rings. The lowest BCUT2D eigenvalue weighted by Gasteiger charge is -2.14. The fraction of sp³-hybridized carbons (Fsp3) is 0. The van der Waals surface area contributed by atoms with Crippen molar-refractivity contribution in [3.8, 4) is 17.1 Å². The zero-order valence-electron chi connectivity index (χ0n) is 18.1. The van der Waals surface area contributed by atoms with Crippen LogP contribution in [0.1, 0.15) is 0 Å². The summed E-state index contributed by atoms with van der Waals surface area (Å²) >= 11 is 0. The van der Waals surface area contributed by atoms with Crippen molar-refractivity contribution >= 4 is 35.3 Å². The normalized spacial score (nSPS) is 10.0. The molecule has 0 saturated carbocycles. The lowest BCUT2D eigenvalue weighted by atomic mass is 10.2. The SMILES string of the molecule is O=C=Nc1ccc(-n2c(=O)n(-c3ccc(N=C=O)cc3)c(=O)n(-c3ccc(N=C=O)cc3)c2=O)cc1. The van der Waals surface area contributed by atoms with E-state index in [-0.39, 0.29) is 34.1 Å². The Morgan fingerprint density at radius 1 is 0.417 bits per heavy atom. The first-order valence-electron chi connectivity index (χ1n) is 10.0. The van der Waals surface area contributed by atoms with E-state index < -0.39 is 17.1 Å². The van der Waals surface area contributed by atoms with Gasteiger partial charge >= 0.3 is 17.1 Å². The summed E-state index contributed by atoms with van der Waals surface area (Å²) in [5.74, 6) is 0. The van der Waals surface area contributed by atoms with Crippen LogP contribution >= 0.6 is 0 Å². The molecule has 0 amide bonds. The number of aromatic nitrogens is 3. The van der Waals surface area contributed by atoms with E-state index >= 15 is 0 Å². The van der Waals surface area contributed by atoms with Crippen LogP contribution in [0.4, 0.5) is 17.1 Å². The van der Waals surface area contributed by atoms with Gasteiger partial charge in [0.2, 0.25) is 18.2 Å². The van der Waals surface area contributed by atoms with Crippen LogP contribution in [0.15, 0.2) is 102 Å². The van der Waals surface area contributed by atoms with Gasteiger partial charge in [-0.3, -0.25) is 0 Å². The molecule has 4 rings (SSSR count). The number of carbonyl (C=O) groups excluding carboxylic acids is 3. The monoisotopic (exact) mass is 480 g/mol. The minimum atomic E-state index is -0.971. The number of isocyanates is 3. The summed E-state index contributed by atoms with van der Waals surface area (Å²) in [6.45, 7) is 0. The Morgan fingerprint density at radius 3 is 0.833 bits per heavy atom. The Kier molecular flexibility index (Phi) is 6.49. The summed E-state index contributed by atoms with van der Waals surface area (Å²) < 4.78 is 2.31. The fourth-order valence-corrected chi connectivity index (χ4v) is 3.39. The Balaban J connectivity index is 2.05. The van der Waals surface area contributed by atoms with Crippen LogP contribution < -0.4 is 17.1 Å². The van der Waals surface area contributed by atoms with Crippen LogP contribution in [0.2, 0.25) is 0 Å². The van der Waals surface area contributed by atoms with E-state index in [0.717, 1.165) is 13.7 Å². The molecule has 0 aliphatic carbocycles. The summed E-state index contributed by atoms with van der Waals surface area (Å²) in [6.07, 6.45) is 4.18. The maximum Gasteiger partial charge on any atom is 0.345 e. The van der Waals surface area contributed by atoms with Gasteiger partial charge in [0.1, 0.15) is 0 Å². The van der Waals surface area contributed by atoms with E-state index in [4.69, 9.17) is 0 Å². The van der Waals surface area contributed by atoms with E-state index in [9.17, 15) is 28.8 Å². The minimum absolute atomic E-state index is 0.0988. The van der Waals surface area contributed by atoms with Crippen molar-refractivity contribution in [1.29, 1.82) is 0 Å². The molecule has 0 atom stereocenters. The van der Waals surface area contributed by atoms with Gasteiger partial charge in [-0.2, -0.15) is 15.0 Å². The summed E-state index contributed by atoms with van der Waals surface area (Å²) in [5, 5.41) is 0. The third kappa shape index (κ3) is 4.36. The maximum atomic E-state index is 13.4. The number of hydrogen-bond donors (Lipinski definition) is 0. The molecule has 0 unspecified atom stereocenters. The summed E-state index contributed by atoms with van der Waals surface area (Å²) in [7, 11) is 0. The molecule has 12 heteroatoms. The predicted octanol–water partition coefficient (Wildman–Crippen LogP) is 2.04. The van der Waals surface area contributed by atoms with Crippen LogP contribution in [0.3, 0.4) is 0 Å². The van der Waals surface area contributed by atoms with Gasteiger partial charge in [-0.25, -0.2) is 42.5 Å². The van der Waals surface area contributed by atoms with Crippen molar-refractivity contribution in [2.24, 2.45) is 15.0 Å². The van der Waals surface area contributed by atoms with Gasteiger partial charge in [0.05, 0.1) is 34.1 Å². The highest BCUT2D eigenvalue weighted by Gasteiger charge is 2.19. The largest absolute Gasteiger partial charge is 0.345 e. The quantitative estimate of drug-likeness (QED) is 0.304. The molecule has 0 aliphatic heterocycles. The van der Waals surface area contributed by atoms with Crippen molar-refractivity contribution in [3.05, 3.63) is 104 Å². The molecule has 3 aromatic carbocycles. The molecule has 36 heavy (non-hydrogen) atoms. The second-order valence-corrected chi connectivity index (χ2v) is 7.01. The molecule has 0 bridgehead atoms. The smallest absolute Gasteiger partial charge is 0.246 e. The highest BCUT2D eigenvalue weighted by atomic mass is 16.2. The second kappa shape index (κ2) is 10.0. The van der Waals surface area contributed by atoms with Crippen molar-refractivity contribution in [1.82, 2.24) is 13.7 Å². The van der Waals surface area contributed by atoms with Crippen molar-refractivity contribution < 1.29 is 14.4 Å². The molecular weight excluding hydrogens is 468 g/mol. The van der Waals surface area contributed by atoms with E-state index in [2.05, 4.69) is 15.0 Å².